The maximum Gasteiger partial charge on any atom is 0.229 e. The molecule has 1 saturated heterocycles. The zero-order chi connectivity index (χ0) is 29.6. The fraction of sp³-hybridized carbons (Fsp3) is 0.414. The summed E-state index contributed by atoms with van der Waals surface area (Å²) in [7, 11) is -3.29. The molecule has 0 bridgehead atoms. The van der Waals surface area contributed by atoms with Crippen molar-refractivity contribution in [3.63, 3.8) is 0 Å². The number of nitrogens with zero attached hydrogens (tertiary/aromatic N) is 4. The van der Waals surface area contributed by atoms with Crippen molar-refractivity contribution < 1.29 is 26.7 Å². The van der Waals surface area contributed by atoms with Crippen molar-refractivity contribution in [1.82, 2.24) is 19.6 Å². The van der Waals surface area contributed by atoms with Gasteiger partial charge in [0.1, 0.15) is 23.5 Å². The van der Waals surface area contributed by atoms with Crippen LogP contribution in [0.5, 0.6) is 5.75 Å². The Hall–Kier alpha value is -3.68. The summed E-state index contributed by atoms with van der Waals surface area (Å²) in [5, 5.41) is 7.18. The Morgan fingerprint density at radius 1 is 1.14 bits per heavy atom. The van der Waals surface area contributed by atoms with Gasteiger partial charge in [0.25, 0.3) is 0 Å². The van der Waals surface area contributed by atoms with E-state index < -0.39 is 32.8 Å². The van der Waals surface area contributed by atoms with Crippen LogP contribution in [-0.4, -0.2) is 64.9 Å². The zero-order valence-electron chi connectivity index (χ0n) is 23.2. The Kier molecular flexibility index (Phi) is 7.58. The summed E-state index contributed by atoms with van der Waals surface area (Å²) in [4.78, 5) is 8.70. The van der Waals surface area contributed by atoms with Crippen LogP contribution in [0.2, 0.25) is 0 Å². The van der Waals surface area contributed by atoms with Crippen molar-refractivity contribution in [3.8, 4) is 17.0 Å². The monoisotopic (exact) mass is 598 g/mol. The number of fused-ring (bicyclic) bond motifs is 1. The number of ether oxygens (including phenoxy) is 2. The van der Waals surface area contributed by atoms with Gasteiger partial charge in [0.2, 0.25) is 5.95 Å². The first-order valence-electron chi connectivity index (χ1n) is 13.8. The normalized spacial score (nSPS) is 24.6. The van der Waals surface area contributed by atoms with Crippen LogP contribution in [0.25, 0.3) is 16.8 Å². The van der Waals surface area contributed by atoms with Crippen LogP contribution in [0, 0.1) is 17.6 Å². The largest absolute Gasteiger partial charge is 0.488 e. The van der Waals surface area contributed by atoms with Crippen molar-refractivity contribution >= 4 is 27.0 Å². The highest BCUT2D eigenvalue weighted by Crippen LogP contribution is 2.41. The van der Waals surface area contributed by atoms with Crippen LogP contribution in [0.15, 0.2) is 48.9 Å². The van der Waals surface area contributed by atoms with E-state index in [2.05, 4.69) is 20.4 Å². The van der Waals surface area contributed by atoms with Crippen molar-refractivity contribution in [2.45, 2.75) is 49.5 Å². The molecule has 0 amide bonds. The Bertz CT molecular complexity index is 1690. The Morgan fingerprint density at radius 3 is 2.62 bits per heavy atom. The molecule has 13 heteroatoms. The molecule has 5 atom stereocenters. The summed E-state index contributed by atoms with van der Waals surface area (Å²) in [6, 6.07) is 6.90. The molecular weight excluding hydrogens is 566 g/mol. The summed E-state index contributed by atoms with van der Waals surface area (Å²) < 4.78 is 67.4. The van der Waals surface area contributed by atoms with Gasteiger partial charge in [-0.1, -0.05) is 6.92 Å². The minimum absolute atomic E-state index is 0.00651. The molecule has 3 N–H and O–H groups in total. The molecule has 2 aliphatic rings. The van der Waals surface area contributed by atoms with Crippen molar-refractivity contribution in [3.05, 3.63) is 66.1 Å². The summed E-state index contributed by atoms with van der Waals surface area (Å²) in [6.07, 6.45) is 7.73. The van der Waals surface area contributed by atoms with Crippen LogP contribution in [0.1, 0.15) is 37.7 Å². The molecule has 4 aromatic rings. The number of anilines is 2. The molecule has 0 radical (unpaired) electrons. The number of rotatable bonds is 7. The van der Waals surface area contributed by atoms with Gasteiger partial charge in [0.15, 0.2) is 9.84 Å². The summed E-state index contributed by atoms with van der Waals surface area (Å²) in [5.74, 6) is -1.30. The molecule has 1 saturated carbocycles. The lowest BCUT2D eigenvalue weighted by Gasteiger charge is -2.38. The predicted octanol–water partition coefficient (Wildman–Crippen LogP) is 4.23. The van der Waals surface area contributed by atoms with Gasteiger partial charge in [-0.15, -0.1) is 0 Å². The van der Waals surface area contributed by atoms with E-state index in [1.165, 1.54) is 16.8 Å². The quantitative estimate of drug-likeness (QED) is 0.321. The number of benzene rings is 1. The lowest BCUT2D eigenvalue weighted by atomic mass is 9.76. The second-order valence-electron chi connectivity index (χ2n) is 11.2. The smallest absolute Gasteiger partial charge is 0.229 e. The molecule has 1 aliphatic heterocycles. The number of halogens is 2. The molecular formula is C29H32F2N6O4S. The second-order valence-corrected chi connectivity index (χ2v) is 13.4. The average molecular weight is 599 g/mol. The molecule has 1 unspecified atom stereocenters. The molecule has 4 heterocycles. The highest BCUT2D eigenvalue weighted by atomic mass is 32.2. The molecule has 222 valence electrons. The molecule has 6 rings (SSSR count). The van der Waals surface area contributed by atoms with E-state index >= 15 is 8.78 Å². The standard InChI is InChI=1S/C29H32F2N6O4S/c1-16-9-17(10-24(32)28(16)42(2,38)39)21-5-7-33-14-26(21)35-29-34-13-18-3-4-25(36-37(18)29)27-22(30)11-20(12-23(27)31)41-19-6-8-40-15-19/h3-5,7,11-14,16-17,19,24,28H,6,8-10,15,32H2,1-2H3,(H,34,35)/t16-,17+,19?,24+,28-/m0/s1. The van der Waals surface area contributed by atoms with Gasteiger partial charge in [-0.25, -0.2) is 22.2 Å². The maximum atomic E-state index is 15.2. The molecule has 1 aromatic carbocycles. The number of hydrogen-bond acceptors (Lipinski definition) is 9. The van der Waals surface area contributed by atoms with Gasteiger partial charge in [-0.2, -0.15) is 9.61 Å². The molecule has 42 heavy (non-hydrogen) atoms. The summed E-state index contributed by atoms with van der Waals surface area (Å²) in [5.41, 5.74) is 8.37. The average Bonchev–Trinajstić information content (AvgIpc) is 3.57. The fourth-order valence-corrected chi connectivity index (χ4v) is 8.01. The third kappa shape index (κ3) is 5.55. The Labute approximate surface area is 242 Å². The fourth-order valence-electron chi connectivity index (χ4n) is 6.31. The third-order valence-electron chi connectivity index (χ3n) is 8.08. The van der Waals surface area contributed by atoms with Gasteiger partial charge in [0, 0.05) is 37.0 Å². The third-order valence-corrected chi connectivity index (χ3v) is 9.88. The van der Waals surface area contributed by atoms with Crippen LogP contribution in [0.3, 0.4) is 0 Å². The predicted molar refractivity (Wildman–Crippen MR) is 153 cm³/mol. The van der Waals surface area contributed by atoms with Crippen LogP contribution < -0.4 is 15.8 Å². The second kappa shape index (κ2) is 11.2. The minimum Gasteiger partial charge on any atom is -0.488 e. The first kappa shape index (κ1) is 28.4. The number of nitrogens with two attached hydrogens (primary N) is 1. The number of sulfone groups is 1. The molecule has 10 nitrogen and oxygen atoms in total. The van der Waals surface area contributed by atoms with E-state index in [9.17, 15) is 8.42 Å². The van der Waals surface area contributed by atoms with Gasteiger partial charge < -0.3 is 20.5 Å². The van der Waals surface area contributed by atoms with Crippen LogP contribution in [-0.2, 0) is 14.6 Å². The first-order chi connectivity index (χ1) is 20.1. The number of pyridine rings is 1. The maximum absolute atomic E-state index is 15.2. The SMILES string of the molecule is C[C@H]1C[C@@H](c2ccncc2Nc2ncc3ccc(-c4c(F)cc(OC5CCOC5)cc4F)nn23)C[C@@H](N)[C@H]1S(C)(=O)=O. The zero-order valence-corrected chi connectivity index (χ0v) is 24.0. The van der Waals surface area contributed by atoms with E-state index in [1.54, 1.807) is 24.7 Å². The van der Waals surface area contributed by atoms with Crippen molar-refractivity contribution in [1.29, 1.82) is 0 Å². The first-order valence-corrected chi connectivity index (χ1v) is 15.8. The number of hydrogen-bond donors (Lipinski definition) is 2. The van der Waals surface area contributed by atoms with E-state index in [0.29, 0.717) is 49.6 Å². The lowest BCUT2D eigenvalue weighted by Crippen LogP contribution is -2.48. The Balaban J connectivity index is 1.28. The van der Waals surface area contributed by atoms with Crippen LogP contribution in [0.4, 0.5) is 20.4 Å². The molecule has 1 aliphatic carbocycles. The summed E-state index contributed by atoms with van der Waals surface area (Å²) >= 11 is 0. The van der Waals surface area contributed by atoms with Gasteiger partial charge >= 0.3 is 0 Å². The lowest BCUT2D eigenvalue weighted by molar-refractivity contribution is 0.141. The van der Waals surface area contributed by atoms with E-state index in [0.717, 1.165) is 17.7 Å². The van der Waals surface area contributed by atoms with Crippen molar-refractivity contribution in [2.75, 3.05) is 24.8 Å². The van der Waals surface area contributed by atoms with E-state index in [4.69, 9.17) is 15.2 Å². The number of imidazole rings is 1. The van der Waals surface area contributed by atoms with E-state index in [-0.39, 0.29) is 34.9 Å². The molecule has 0 spiro atoms. The van der Waals surface area contributed by atoms with Crippen LogP contribution >= 0.6 is 0 Å². The van der Waals surface area contributed by atoms with Crippen molar-refractivity contribution in [2.24, 2.45) is 11.7 Å². The Morgan fingerprint density at radius 2 is 1.93 bits per heavy atom. The minimum atomic E-state index is -3.29. The van der Waals surface area contributed by atoms with Gasteiger partial charge in [-0.3, -0.25) is 4.98 Å². The highest BCUT2D eigenvalue weighted by Gasteiger charge is 2.40. The number of aromatic nitrogens is 4. The molecule has 3 aromatic heterocycles. The summed E-state index contributed by atoms with van der Waals surface area (Å²) in [6.45, 7) is 2.85. The molecule has 2 fully saturated rings. The highest BCUT2D eigenvalue weighted by molar-refractivity contribution is 7.91. The van der Waals surface area contributed by atoms with Gasteiger partial charge in [-0.05, 0) is 48.4 Å². The van der Waals surface area contributed by atoms with Gasteiger partial charge in [0.05, 0.1) is 53.3 Å². The number of nitrogens with one attached hydrogen (secondary N) is 1. The topological polar surface area (TPSA) is 134 Å². The van der Waals surface area contributed by atoms with E-state index in [1.807, 2.05) is 13.0 Å².